The van der Waals surface area contributed by atoms with E-state index in [-0.39, 0.29) is 5.13 Å². The van der Waals surface area contributed by atoms with Crippen molar-refractivity contribution in [1.29, 1.82) is 0 Å². The Balaban J connectivity index is 1.88. The maximum Gasteiger partial charge on any atom is 0.445 e. The largest absolute Gasteiger partial charge is 0.445 e. The molecule has 8 heteroatoms. The third-order valence-corrected chi connectivity index (χ3v) is 4.00. The van der Waals surface area contributed by atoms with Crippen molar-refractivity contribution in [3.05, 3.63) is 5.01 Å². The first kappa shape index (κ1) is 13.5. The molecule has 1 N–H and O–H groups in total. The van der Waals surface area contributed by atoms with Crippen molar-refractivity contribution >= 4 is 16.5 Å². The van der Waals surface area contributed by atoms with Crippen LogP contribution in [0.15, 0.2) is 0 Å². The molecule has 1 aromatic rings. The van der Waals surface area contributed by atoms with Gasteiger partial charge in [0.15, 0.2) is 0 Å². The summed E-state index contributed by atoms with van der Waals surface area (Å²) in [5.41, 5.74) is 0. The number of hydrogen-bond donors (Lipinski definition) is 1. The Morgan fingerprint density at radius 3 is 2.78 bits per heavy atom. The lowest BCUT2D eigenvalue weighted by atomic mass is 10.0. The second kappa shape index (κ2) is 5.40. The summed E-state index contributed by atoms with van der Waals surface area (Å²) in [5, 5.41) is 8.93. The van der Waals surface area contributed by atoms with Gasteiger partial charge in [-0.2, -0.15) is 13.2 Å². The van der Waals surface area contributed by atoms with Crippen LogP contribution in [0.25, 0.3) is 0 Å². The summed E-state index contributed by atoms with van der Waals surface area (Å²) in [5.74, 6) is 0. The Bertz CT molecular complexity index is 393. The summed E-state index contributed by atoms with van der Waals surface area (Å²) in [6, 6.07) is 0.358. The van der Waals surface area contributed by atoms with Crippen molar-refractivity contribution in [3.63, 3.8) is 0 Å². The number of likely N-dealkylation sites (tertiary alicyclic amines) is 1. The highest BCUT2D eigenvalue weighted by molar-refractivity contribution is 7.15. The van der Waals surface area contributed by atoms with Crippen LogP contribution in [-0.2, 0) is 6.18 Å². The van der Waals surface area contributed by atoms with E-state index in [1.807, 2.05) is 7.05 Å². The van der Waals surface area contributed by atoms with Crippen LogP contribution in [-0.4, -0.2) is 41.3 Å². The summed E-state index contributed by atoms with van der Waals surface area (Å²) in [4.78, 5) is 2.22. The first-order valence-electron chi connectivity index (χ1n) is 5.81. The Morgan fingerprint density at radius 2 is 2.17 bits per heavy atom. The number of nitrogens with one attached hydrogen (secondary N) is 1. The lowest BCUT2D eigenvalue weighted by Crippen LogP contribution is -2.40. The van der Waals surface area contributed by atoms with Gasteiger partial charge in [0.05, 0.1) is 0 Å². The summed E-state index contributed by atoms with van der Waals surface area (Å²) in [6.45, 7) is 1.65. The maximum absolute atomic E-state index is 12.3. The molecule has 0 radical (unpaired) electrons. The monoisotopic (exact) mass is 280 g/mol. The van der Waals surface area contributed by atoms with E-state index in [4.69, 9.17) is 0 Å². The van der Waals surface area contributed by atoms with Gasteiger partial charge in [0.1, 0.15) is 0 Å². The van der Waals surface area contributed by atoms with E-state index in [1.54, 1.807) is 0 Å². The van der Waals surface area contributed by atoms with Crippen molar-refractivity contribution in [3.8, 4) is 0 Å². The zero-order valence-electron chi connectivity index (χ0n) is 10.00. The number of alkyl halides is 3. The molecule has 1 unspecified atom stereocenters. The molecule has 102 valence electrons. The Kier molecular flexibility index (Phi) is 4.06. The van der Waals surface area contributed by atoms with Crippen LogP contribution in [0.1, 0.15) is 24.3 Å². The molecule has 0 bridgehead atoms. The molecule has 1 fully saturated rings. The van der Waals surface area contributed by atoms with E-state index in [1.165, 1.54) is 12.8 Å². The fourth-order valence-corrected chi connectivity index (χ4v) is 2.63. The van der Waals surface area contributed by atoms with E-state index >= 15 is 0 Å². The number of halogens is 3. The number of hydrogen-bond acceptors (Lipinski definition) is 5. The minimum Gasteiger partial charge on any atom is -0.359 e. The molecule has 0 aliphatic carbocycles. The summed E-state index contributed by atoms with van der Waals surface area (Å²) in [7, 11) is 2.03. The Hall–Kier alpha value is -0.890. The molecule has 0 amide bonds. The molecule has 1 aliphatic heterocycles. The third kappa shape index (κ3) is 3.32. The molecule has 2 heterocycles. The minimum atomic E-state index is -4.40. The Morgan fingerprint density at radius 1 is 1.39 bits per heavy atom. The Labute approximate surface area is 107 Å². The fourth-order valence-electron chi connectivity index (χ4n) is 2.02. The molecule has 0 aromatic carbocycles. The SMILES string of the molecule is CN1CCCCC1CNc1nnc(C(F)(F)F)s1. The van der Waals surface area contributed by atoms with Crippen LogP contribution in [0.3, 0.4) is 0 Å². The molecule has 0 saturated carbocycles. The number of aromatic nitrogens is 2. The zero-order valence-corrected chi connectivity index (χ0v) is 10.8. The highest BCUT2D eigenvalue weighted by Gasteiger charge is 2.35. The number of likely N-dealkylation sites (N-methyl/N-ethyl adjacent to an activating group) is 1. The van der Waals surface area contributed by atoms with Crippen LogP contribution < -0.4 is 5.32 Å². The molecular formula is C10H15F3N4S. The minimum absolute atomic E-state index is 0.237. The standard InChI is InChI=1S/C10H15F3N4S/c1-17-5-3-2-4-7(17)6-14-9-16-15-8(18-9)10(11,12)13/h7H,2-6H2,1H3,(H,14,16). The van der Waals surface area contributed by atoms with Gasteiger partial charge >= 0.3 is 6.18 Å². The predicted molar refractivity (Wildman–Crippen MR) is 63.7 cm³/mol. The van der Waals surface area contributed by atoms with Crippen LogP contribution in [0.4, 0.5) is 18.3 Å². The normalized spacial score (nSPS) is 22.1. The fraction of sp³-hybridized carbons (Fsp3) is 0.800. The molecule has 18 heavy (non-hydrogen) atoms. The second-order valence-electron chi connectivity index (χ2n) is 4.42. The molecule has 0 spiro atoms. The number of anilines is 1. The van der Waals surface area contributed by atoms with Gasteiger partial charge in [0.25, 0.3) is 0 Å². The van der Waals surface area contributed by atoms with Crippen molar-refractivity contribution in [2.75, 3.05) is 25.5 Å². The van der Waals surface area contributed by atoms with Gasteiger partial charge in [0, 0.05) is 12.6 Å². The lowest BCUT2D eigenvalue weighted by molar-refractivity contribution is -0.138. The van der Waals surface area contributed by atoms with E-state index < -0.39 is 11.2 Å². The average molecular weight is 280 g/mol. The van der Waals surface area contributed by atoms with Gasteiger partial charge in [-0.3, -0.25) is 0 Å². The molecule has 1 saturated heterocycles. The summed E-state index contributed by atoms with van der Waals surface area (Å²) >= 11 is 0.553. The van der Waals surface area contributed by atoms with E-state index in [9.17, 15) is 13.2 Å². The predicted octanol–water partition coefficient (Wildman–Crippen LogP) is 2.45. The molecule has 2 rings (SSSR count). The third-order valence-electron chi connectivity index (χ3n) is 3.08. The topological polar surface area (TPSA) is 41.0 Å². The average Bonchev–Trinajstić information content (AvgIpc) is 2.76. The highest BCUT2D eigenvalue weighted by Crippen LogP contribution is 2.33. The van der Waals surface area contributed by atoms with Crippen molar-refractivity contribution < 1.29 is 13.2 Å². The van der Waals surface area contributed by atoms with Gasteiger partial charge in [-0.25, -0.2) is 0 Å². The van der Waals surface area contributed by atoms with Crippen LogP contribution in [0, 0.1) is 0 Å². The maximum atomic E-state index is 12.3. The molecule has 4 nitrogen and oxygen atoms in total. The number of rotatable bonds is 3. The van der Waals surface area contributed by atoms with E-state index in [0.29, 0.717) is 23.9 Å². The first-order valence-corrected chi connectivity index (χ1v) is 6.63. The molecule has 1 aliphatic rings. The van der Waals surface area contributed by atoms with E-state index in [2.05, 4.69) is 20.4 Å². The summed E-state index contributed by atoms with van der Waals surface area (Å²) < 4.78 is 37.0. The quantitative estimate of drug-likeness (QED) is 0.923. The van der Waals surface area contributed by atoms with Crippen molar-refractivity contribution in [2.45, 2.75) is 31.5 Å². The molecule has 1 atom stereocenters. The first-order chi connectivity index (χ1) is 8.47. The van der Waals surface area contributed by atoms with Gasteiger partial charge < -0.3 is 10.2 Å². The van der Waals surface area contributed by atoms with Gasteiger partial charge in [-0.05, 0) is 26.4 Å². The number of piperidine rings is 1. The zero-order chi connectivity index (χ0) is 13.2. The number of nitrogens with zero attached hydrogens (tertiary/aromatic N) is 3. The highest BCUT2D eigenvalue weighted by atomic mass is 32.1. The smallest absolute Gasteiger partial charge is 0.359 e. The van der Waals surface area contributed by atoms with Gasteiger partial charge in [-0.15, -0.1) is 10.2 Å². The van der Waals surface area contributed by atoms with E-state index in [0.717, 1.165) is 13.0 Å². The van der Waals surface area contributed by atoms with Crippen LogP contribution in [0.5, 0.6) is 0 Å². The van der Waals surface area contributed by atoms with Crippen LogP contribution in [0.2, 0.25) is 0 Å². The van der Waals surface area contributed by atoms with Crippen LogP contribution >= 0.6 is 11.3 Å². The molecule has 1 aromatic heterocycles. The summed E-state index contributed by atoms with van der Waals surface area (Å²) in [6.07, 6.45) is -0.988. The van der Waals surface area contributed by atoms with Gasteiger partial charge in [-0.1, -0.05) is 17.8 Å². The van der Waals surface area contributed by atoms with Gasteiger partial charge in [0.2, 0.25) is 10.1 Å². The second-order valence-corrected chi connectivity index (χ2v) is 5.40. The molecular weight excluding hydrogens is 265 g/mol. The van der Waals surface area contributed by atoms with Crippen molar-refractivity contribution in [1.82, 2.24) is 15.1 Å². The van der Waals surface area contributed by atoms with Crippen molar-refractivity contribution in [2.24, 2.45) is 0 Å². The lowest BCUT2D eigenvalue weighted by Gasteiger charge is -2.32.